The Morgan fingerprint density at radius 1 is 1.12 bits per heavy atom. The first-order chi connectivity index (χ1) is 11.3. The van der Waals surface area contributed by atoms with E-state index in [2.05, 4.69) is 23.2 Å². The number of H-pyrrole nitrogens is 1. The summed E-state index contributed by atoms with van der Waals surface area (Å²) < 4.78 is 11.1. The van der Waals surface area contributed by atoms with Crippen molar-refractivity contribution in [1.29, 1.82) is 0 Å². The highest BCUT2D eigenvalue weighted by molar-refractivity contribution is 5.85. The van der Waals surface area contributed by atoms with Crippen LogP contribution in [0.25, 0.3) is 10.9 Å². The molecule has 4 nitrogen and oxygen atoms in total. The topological polar surface area (TPSA) is 60.3 Å². The number of halogens is 1. The van der Waals surface area contributed by atoms with E-state index in [0.29, 0.717) is 13.2 Å². The lowest BCUT2D eigenvalue weighted by molar-refractivity contribution is 0.310. The Balaban J connectivity index is 0.00000208. The highest BCUT2D eigenvalue weighted by atomic mass is 35.5. The maximum atomic E-state index is 6.09. The number of hydrogen-bond donors (Lipinski definition) is 2. The fourth-order valence-corrected chi connectivity index (χ4v) is 3.00. The highest BCUT2D eigenvalue weighted by Crippen LogP contribution is 2.35. The zero-order valence-electron chi connectivity index (χ0n) is 13.9. The molecule has 3 aromatic rings. The number of nitrogens with one attached hydrogen (secondary N) is 1. The first-order valence-corrected chi connectivity index (χ1v) is 7.85. The van der Waals surface area contributed by atoms with E-state index >= 15 is 0 Å². The fourth-order valence-electron chi connectivity index (χ4n) is 3.00. The molecule has 3 rings (SSSR count). The Hall–Kier alpha value is -2.17. The van der Waals surface area contributed by atoms with Gasteiger partial charge < -0.3 is 20.2 Å². The van der Waals surface area contributed by atoms with Crippen molar-refractivity contribution in [3.8, 4) is 11.5 Å². The monoisotopic (exact) mass is 346 g/mol. The number of fused-ring (bicyclic) bond motifs is 1. The van der Waals surface area contributed by atoms with Crippen molar-refractivity contribution in [3.63, 3.8) is 0 Å². The SMILES string of the molecule is CCOc1ccc(C(CN)c2c[nH]c3ccccc23)cc1OC.Cl. The number of para-hydroxylation sites is 1. The third kappa shape index (κ3) is 3.35. The van der Waals surface area contributed by atoms with Crippen LogP contribution in [0.3, 0.4) is 0 Å². The standard InChI is InChI=1S/C19H22N2O2.ClH/c1-3-23-18-9-8-13(10-19(18)22-2)15(11-20)16-12-21-17-7-5-4-6-14(16)17;/h4-10,12,15,21H,3,11,20H2,1-2H3;1H. The summed E-state index contributed by atoms with van der Waals surface area (Å²) in [6.45, 7) is 3.10. The molecule has 128 valence electrons. The second-order valence-electron chi connectivity index (χ2n) is 5.42. The number of methoxy groups -OCH3 is 1. The first-order valence-electron chi connectivity index (χ1n) is 7.85. The minimum absolute atomic E-state index is 0. The highest BCUT2D eigenvalue weighted by Gasteiger charge is 2.18. The van der Waals surface area contributed by atoms with Gasteiger partial charge in [0.2, 0.25) is 0 Å². The van der Waals surface area contributed by atoms with Crippen molar-refractivity contribution in [2.45, 2.75) is 12.8 Å². The maximum absolute atomic E-state index is 6.09. The van der Waals surface area contributed by atoms with Gasteiger partial charge in [-0.15, -0.1) is 12.4 Å². The summed E-state index contributed by atoms with van der Waals surface area (Å²) in [6.07, 6.45) is 2.05. The lowest BCUT2D eigenvalue weighted by Crippen LogP contribution is -2.13. The number of hydrogen-bond acceptors (Lipinski definition) is 3. The summed E-state index contributed by atoms with van der Waals surface area (Å²) in [4.78, 5) is 3.32. The summed E-state index contributed by atoms with van der Waals surface area (Å²) in [5.74, 6) is 1.60. The molecular formula is C19H23ClN2O2. The fraction of sp³-hybridized carbons (Fsp3) is 0.263. The molecule has 0 aliphatic heterocycles. The van der Waals surface area contributed by atoms with Crippen molar-refractivity contribution >= 4 is 23.3 Å². The summed E-state index contributed by atoms with van der Waals surface area (Å²) in [6, 6.07) is 14.3. The molecule has 0 aliphatic carbocycles. The van der Waals surface area contributed by atoms with Crippen LogP contribution in [0, 0.1) is 0 Å². The molecule has 0 aliphatic rings. The van der Waals surface area contributed by atoms with E-state index in [4.69, 9.17) is 15.2 Å². The molecule has 0 radical (unpaired) electrons. The van der Waals surface area contributed by atoms with Crippen LogP contribution in [0.5, 0.6) is 11.5 Å². The average molecular weight is 347 g/mol. The minimum Gasteiger partial charge on any atom is -0.493 e. The molecule has 24 heavy (non-hydrogen) atoms. The van der Waals surface area contributed by atoms with Gasteiger partial charge in [0.05, 0.1) is 13.7 Å². The molecule has 0 bridgehead atoms. The van der Waals surface area contributed by atoms with Crippen LogP contribution in [0.1, 0.15) is 24.0 Å². The molecule has 0 spiro atoms. The normalized spacial score (nSPS) is 11.8. The summed E-state index contributed by atoms with van der Waals surface area (Å²) in [5.41, 5.74) is 9.54. The van der Waals surface area contributed by atoms with Gasteiger partial charge in [0, 0.05) is 29.6 Å². The molecule has 5 heteroatoms. The second-order valence-corrected chi connectivity index (χ2v) is 5.42. The molecule has 1 atom stereocenters. The lowest BCUT2D eigenvalue weighted by Gasteiger charge is -2.17. The summed E-state index contributed by atoms with van der Waals surface area (Å²) >= 11 is 0. The van der Waals surface area contributed by atoms with Gasteiger partial charge in [0.25, 0.3) is 0 Å². The molecule has 1 aromatic heterocycles. The lowest BCUT2D eigenvalue weighted by atomic mass is 9.91. The van der Waals surface area contributed by atoms with Gasteiger partial charge in [0.15, 0.2) is 11.5 Å². The van der Waals surface area contributed by atoms with Crippen LogP contribution in [0.2, 0.25) is 0 Å². The van der Waals surface area contributed by atoms with E-state index in [1.807, 2.05) is 37.4 Å². The van der Waals surface area contributed by atoms with E-state index in [0.717, 1.165) is 22.6 Å². The average Bonchev–Trinajstić information content (AvgIpc) is 3.01. The Morgan fingerprint density at radius 2 is 1.92 bits per heavy atom. The number of aromatic amines is 1. The molecule has 0 saturated heterocycles. The van der Waals surface area contributed by atoms with Crippen LogP contribution in [0.15, 0.2) is 48.7 Å². The van der Waals surface area contributed by atoms with Gasteiger partial charge in [-0.05, 0) is 36.2 Å². The van der Waals surface area contributed by atoms with Crippen molar-refractivity contribution in [2.24, 2.45) is 5.73 Å². The van der Waals surface area contributed by atoms with Crippen molar-refractivity contribution in [1.82, 2.24) is 4.98 Å². The Labute approximate surface area is 148 Å². The molecule has 3 N–H and O–H groups in total. The second kappa shape index (κ2) is 8.08. The molecule has 0 saturated carbocycles. The van der Waals surface area contributed by atoms with Gasteiger partial charge in [-0.25, -0.2) is 0 Å². The van der Waals surface area contributed by atoms with Gasteiger partial charge in [-0.3, -0.25) is 0 Å². The molecule has 0 fully saturated rings. The predicted molar refractivity (Wildman–Crippen MR) is 101 cm³/mol. The van der Waals surface area contributed by atoms with Crippen molar-refractivity contribution in [3.05, 3.63) is 59.8 Å². The third-order valence-electron chi connectivity index (χ3n) is 4.12. The van der Waals surface area contributed by atoms with E-state index in [1.165, 1.54) is 10.9 Å². The van der Waals surface area contributed by atoms with Crippen LogP contribution >= 0.6 is 12.4 Å². The molecular weight excluding hydrogens is 324 g/mol. The molecule has 2 aromatic carbocycles. The Bertz CT molecular complexity index is 801. The number of ether oxygens (including phenoxy) is 2. The summed E-state index contributed by atoms with van der Waals surface area (Å²) in [5, 5.41) is 1.20. The molecule has 0 amide bonds. The van der Waals surface area contributed by atoms with Crippen LogP contribution in [0.4, 0.5) is 0 Å². The number of rotatable bonds is 6. The van der Waals surface area contributed by atoms with Crippen molar-refractivity contribution in [2.75, 3.05) is 20.3 Å². The van der Waals surface area contributed by atoms with Gasteiger partial charge in [0.1, 0.15) is 0 Å². The zero-order valence-corrected chi connectivity index (χ0v) is 14.7. The van der Waals surface area contributed by atoms with Gasteiger partial charge in [-0.1, -0.05) is 24.3 Å². The maximum Gasteiger partial charge on any atom is 0.161 e. The predicted octanol–water partition coefficient (Wildman–Crippen LogP) is 4.09. The van der Waals surface area contributed by atoms with E-state index in [9.17, 15) is 0 Å². The van der Waals surface area contributed by atoms with Crippen LogP contribution < -0.4 is 15.2 Å². The smallest absolute Gasteiger partial charge is 0.161 e. The van der Waals surface area contributed by atoms with Crippen LogP contribution in [-0.2, 0) is 0 Å². The zero-order chi connectivity index (χ0) is 16.2. The molecule has 1 heterocycles. The van der Waals surface area contributed by atoms with Crippen LogP contribution in [-0.4, -0.2) is 25.2 Å². The van der Waals surface area contributed by atoms with E-state index in [1.54, 1.807) is 7.11 Å². The Kier molecular flexibility index (Phi) is 6.12. The van der Waals surface area contributed by atoms with Crippen molar-refractivity contribution < 1.29 is 9.47 Å². The van der Waals surface area contributed by atoms with E-state index < -0.39 is 0 Å². The number of nitrogens with two attached hydrogens (primary N) is 1. The third-order valence-corrected chi connectivity index (χ3v) is 4.12. The van der Waals surface area contributed by atoms with Gasteiger partial charge in [-0.2, -0.15) is 0 Å². The molecule has 1 unspecified atom stereocenters. The minimum atomic E-state index is 0. The van der Waals surface area contributed by atoms with E-state index in [-0.39, 0.29) is 18.3 Å². The van der Waals surface area contributed by atoms with Gasteiger partial charge >= 0.3 is 0 Å². The quantitative estimate of drug-likeness (QED) is 0.706. The number of benzene rings is 2. The Morgan fingerprint density at radius 3 is 2.62 bits per heavy atom. The number of aromatic nitrogens is 1. The summed E-state index contributed by atoms with van der Waals surface area (Å²) in [7, 11) is 1.66. The first kappa shape index (κ1) is 18.2. The largest absolute Gasteiger partial charge is 0.493 e.